The van der Waals surface area contributed by atoms with Gasteiger partial charge in [-0.15, -0.1) is 0 Å². The molecule has 4 heterocycles. The molecule has 0 aromatic carbocycles. The molecule has 2 aromatic rings. The van der Waals surface area contributed by atoms with E-state index in [0.717, 1.165) is 25.2 Å². The second-order valence-electron chi connectivity index (χ2n) is 5.87. The van der Waals surface area contributed by atoms with Crippen molar-refractivity contribution >= 4 is 22.9 Å². The molecule has 5 nitrogen and oxygen atoms in total. The van der Waals surface area contributed by atoms with Gasteiger partial charge in [0, 0.05) is 49.7 Å². The van der Waals surface area contributed by atoms with Crippen LogP contribution in [0.3, 0.4) is 0 Å². The molecule has 0 aliphatic carbocycles. The number of hydrogen-bond acceptors (Lipinski definition) is 4. The predicted molar refractivity (Wildman–Crippen MR) is 82.2 cm³/mol. The van der Waals surface area contributed by atoms with Crippen molar-refractivity contribution in [3.8, 4) is 0 Å². The molecule has 110 valence electrons. The van der Waals surface area contributed by atoms with Crippen LogP contribution in [-0.2, 0) is 18.4 Å². The van der Waals surface area contributed by atoms with E-state index >= 15 is 0 Å². The molecule has 2 aliphatic rings. The molecule has 6 heteroatoms. The number of aromatic nitrogens is 2. The molecule has 2 saturated heterocycles. The van der Waals surface area contributed by atoms with E-state index in [2.05, 4.69) is 27.6 Å². The number of hydrogen-bond donors (Lipinski definition) is 0. The average molecular weight is 302 g/mol. The van der Waals surface area contributed by atoms with E-state index in [-0.39, 0.29) is 5.91 Å². The van der Waals surface area contributed by atoms with Gasteiger partial charge in [0.05, 0.1) is 17.9 Å². The van der Waals surface area contributed by atoms with Crippen LogP contribution in [0.2, 0.25) is 0 Å². The number of carbonyl (C=O) groups is 1. The molecule has 2 aromatic heterocycles. The zero-order valence-electron chi connectivity index (χ0n) is 12.0. The highest BCUT2D eigenvalue weighted by Gasteiger charge is 2.47. The normalized spacial score (nSPS) is 25.8. The Kier molecular flexibility index (Phi) is 3.08. The number of thiophene rings is 1. The summed E-state index contributed by atoms with van der Waals surface area (Å²) in [6, 6.07) is 2.73. The maximum absolute atomic E-state index is 12.4. The van der Waals surface area contributed by atoms with E-state index in [1.54, 1.807) is 11.3 Å². The Morgan fingerprint density at radius 1 is 1.43 bits per heavy atom. The van der Waals surface area contributed by atoms with E-state index in [4.69, 9.17) is 0 Å². The first-order chi connectivity index (χ1) is 10.2. The molecule has 4 rings (SSSR count). The molecule has 2 fully saturated rings. The minimum Gasteiger partial charge on any atom is -0.307 e. The zero-order valence-corrected chi connectivity index (χ0v) is 12.8. The van der Waals surface area contributed by atoms with Crippen LogP contribution in [0.1, 0.15) is 18.4 Å². The molecule has 21 heavy (non-hydrogen) atoms. The predicted octanol–water partition coefficient (Wildman–Crippen LogP) is 1.86. The van der Waals surface area contributed by atoms with Crippen molar-refractivity contribution in [1.82, 2.24) is 14.7 Å². The van der Waals surface area contributed by atoms with Crippen molar-refractivity contribution in [2.24, 2.45) is 7.05 Å². The minimum absolute atomic E-state index is 0.263. The third-order valence-electron chi connectivity index (χ3n) is 4.54. The van der Waals surface area contributed by atoms with Crippen LogP contribution in [0.25, 0.3) is 0 Å². The SMILES string of the molecule is Cn1cc(CN2CC[C@@H]3[C@@H]2CC(=O)N3c2ccsc2)cn1. The third-order valence-corrected chi connectivity index (χ3v) is 5.21. The molecule has 0 radical (unpaired) electrons. The second-order valence-corrected chi connectivity index (χ2v) is 6.65. The van der Waals surface area contributed by atoms with Crippen molar-refractivity contribution < 1.29 is 4.79 Å². The molecule has 0 bridgehead atoms. The number of anilines is 1. The van der Waals surface area contributed by atoms with Crippen LogP contribution < -0.4 is 4.90 Å². The van der Waals surface area contributed by atoms with Crippen molar-refractivity contribution in [3.63, 3.8) is 0 Å². The minimum atomic E-state index is 0.263. The molecule has 0 saturated carbocycles. The van der Waals surface area contributed by atoms with Crippen molar-refractivity contribution in [1.29, 1.82) is 0 Å². The lowest BCUT2D eigenvalue weighted by atomic mass is 10.1. The summed E-state index contributed by atoms with van der Waals surface area (Å²) >= 11 is 1.65. The lowest BCUT2D eigenvalue weighted by molar-refractivity contribution is -0.117. The van der Waals surface area contributed by atoms with Gasteiger partial charge in [0.1, 0.15) is 0 Å². The lowest BCUT2D eigenvalue weighted by Gasteiger charge is -2.24. The van der Waals surface area contributed by atoms with Gasteiger partial charge >= 0.3 is 0 Å². The van der Waals surface area contributed by atoms with Gasteiger partial charge in [0.25, 0.3) is 0 Å². The van der Waals surface area contributed by atoms with E-state index in [1.165, 1.54) is 5.56 Å². The number of nitrogens with zero attached hydrogens (tertiary/aromatic N) is 4. The van der Waals surface area contributed by atoms with Crippen molar-refractivity contribution in [2.45, 2.75) is 31.5 Å². The highest BCUT2D eigenvalue weighted by atomic mass is 32.1. The summed E-state index contributed by atoms with van der Waals surface area (Å²) in [6.45, 7) is 1.94. The number of amides is 1. The highest BCUT2D eigenvalue weighted by molar-refractivity contribution is 7.08. The van der Waals surface area contributed by atoms with Crippen LogP contribution in [0.5, 0.6) is 0 Å². The quantitative estimate of drug-likeness (QED) is 0.869. The largest absolute Gasteiger partial charge is 0.307 e. The topological polar surface area (TPSA) is 41.4 Å². The van der Waals surface area contributed by atoms with Crippen LogP contribution >= 0.6 is 11.3 Å². The summed E-state index contributed by atoms with van der Waals surface area (Å²) in [4.78, 5) is 16.8. The van der Waals surface area contributed by atoms with E-state index in [9.17, 15) is 4.79 Å². The summed E-state index contributed by atoms with van der Waals surface area (Å²) in [5.74, 6) is 0.263. The Balaban J connectivity index is 1.53. The molecule has 0 unspecified atom stereocenters. The first-order valence-corrected chi connectivity index (χ1v) is 8.22. The Bertz CT molecular complexity index is 650. The molecule has 0 spiro atoms. The highest BCUT2D eigenvalue weighted by Crippen LogP contribution is 2.37. The number of carbonyl (C=O) groups excluding carboxylic acids is 1. The molecule has 2 aliphatic heterocycles. The number of likely N-dealkylation sites (tertiary alicyclic amines) is 1. The number of rotatable bonds is 3. The molecule has 0 N–H and O–H groups in total. The van der Waals surface area contributed by atoms with Crippen LogP contribution in [0, 0.1) is 0 Å². The fraction of sp³-hybridized carbons (Fsp3) is 0.467. The maximum Gasteiger partial charge on any atom is 0.228 e. The first kappa shape index (κ1) is 13.0. The molecular weight excluding hydrogens is 284 g/mol. The summed E-state index contributed by atoms with van der Waals surface area (Å²) in [5.41, 5.74) is 2.29. The smallest absolute Gasteiger partial charge is 0.228 e. The third kappa shape index (κ3) is 2.18. The Labute approximate surface area is 127 Å². The second kappa shape index (κ2) is 4.96. The fourth-order valence-electron chi connectivity index (χ4n) is 3.64. The molecular formula is C15H18N4OS. The summed E-state index contributed by atoms with van der Waals surface area (Å²) < 4.78 is 1.83. The number of fused-ring (bicyclic) bond motifs is 1. The van der Waals surface area contributed by atoms with Crippen LogP contribution in [0.4, 0.5) is 5.69 Å². The standard InChI is InChI=1S/C15H18N4OS/c1-17-8-11(7-16-17)9-18-4-2-13-14(18)6-15(20)19(13)12-3-5-21-10-12/h3,5,7-8,10,13-14H,2,4,6,9H2,1H3/t13-,14+/m1/s1. The fourth-order valence-corrected chi connectivity index (χ4v) is 4.27. The monoisotopic (exact) mass is 302 g/mol. The van der Waals surface area contributed by atoms with Gasteiger partial charge in [0.15, 0.2) is 0 Å². The van der Waals surface area contributed by atoms with Gasteiger partial charge in [0.2, 0.25) is 5.91 Å². The Morgan fingerprint density at radius 3 is 3.05 bits per heavy atom. The van der Waals surface area contributed by atoms with Gasteiger partial charge in [-0.05, 0) is 17.9 Å². The Hall–Kier alpha value is -1.66. The maximum atomic E-state index is 12.4. The summed E-state index contributed by atoms with van der Waals surface area (Å²) in [5, 5.41) is 8.34. The van der Waals surface area contributed by atoms with Crippen LogP contribution in [0.15, 0.2) is 29.2 Å². The summed E-state index contributed by atoms with van der Waals surface area (Å²) in [6.07, 6.45) is 5.68. The van der Waals surface area contributed by atoms with E-state index < -0.39 is 0 Å². The van der Waals surface area contributed by atoms with Gasteiger partial charge in [-0.1, -0.05) is 0 Å². The average Bonchev–Trinajstić information content (AvgIpc) is 3.18. The van der Waals surface area contributed by atoms with Crippen LogP contribution in [-0.4, -0.2) is 39.2 Å². The van der Waals surface area contributed by atoms with E-state index in [1.807, 2.05) is 28.2 Å². The lowest BCUT2D eigenvalue weighted by Crippen LogP contribution is -2.36. The van der Waals surface area contributed by atoms with E-state index in [0.29, 0.717) is 18.5 Å². The van der Waals surface area contributed by atoms with Gasteiger partial charge in [-0.2, -0.15) is 16.4 Å². The number of aryl methyl sites for hydroxylation is 1. The van der Waals surface area contributed by atoms with Gasteiger partial charge in [-0.25, -0.2) is 0 Å². The first-order valence-electron chi connectivity index (χ1n) is 7.28. The molecule has 1 amide bonds. The summed E-state index contributed by atoms with van der Waals surface area (Å²) in [7, 11) is 1.94. The van der Waals surface area contributed by atoms with Crippen molar-refractivity contribution in [3.05, 3.63) is 34.8 Å². The zero-order chi connectivity index (χ0) is 14.4. The van der Waals surface area contributed by atoms with Gasteiger partial charge in [-0.3, -0.25) is 14.4 Å². The Morgan fingerprint density at radius 2 is 2.33 bits per heavy atom. The van der Waals surface area contributed by atoms with Gasteiger partial charge < -0.3 is 4.90 Å². The van der Waals surface area contributed by atoms with Crippen molar-refractivity contribution in [2.75, 3.05) is 11.4 Å². The molecule has 2 atom stereocenters.